The van der Waals surface area contributed by atoms with E-state index in [1.54, 1.807) is 24.0 Å². The maximum atomic E-state index is 13.3. The maximum absolute atomic E-state index is 13.3. The minimum absolute atomic E-state index is 0.000616. The lowest BCUT2D eigenvalue weighted by Gasteiger charge is -2.30. The molecule has 0 aliphatic rings. The van der Waals surface area contributed by atoms with Crippen LogP contribution in [0.25, 0.3) is 0 Å². The first kappa shape index (κ1) is 30.4. The Morgan fingerprint density at radius 1 is 1.08 bits per heavy atom. The first-order valence-corrected chi connectivity index (χ1v) is 14.7. The standard InChI is InChI=1S/C27H38ClN3O5S/c1-6-20(2)29-27(33)21(3)30(18-16-22-11-8-7-9-12-22)26(32)13-10-17-31(37(5,34)35)23-14-15-25(36-4)24(28)19-23/h7-9,11-12,14-15,19-21H,6,10,13,16-18H2,1-5H3,(H,29,33)/t20-,21+/m1/s1. The second kappa shape index (κ2) is 14.2. The molecule has 2 aromatic carbocycles. The SMILES string of the molecule is CC[C@@H](C)NC(=O)[C@H](C)N(CCc1ccccc1)C(=O)CCCN(c1ccc(OC)c(Cl)c1)S(C)(=O)=O. The van der Waals surface area contributed by atoms with Crippen molar-refractivity contribution in [2.45, 2.75) is 58.5 Å². The van der Waals surface area contributed by atoms with E-state index in [2.05, 4.69) is 5.32 Å². The zero-order valence-corrected chi connectivity index (χ0v) is 23.8. The molecule has 0 aliphatic heterocycles. The topological polar surface area (TPSA) is 96.0 Å². The van der Waals surface area contributed by atoms with Gasteiger partial charge in [-0.15, -0.1) is 0 Å². The highest BCUT2D eigenvalue weighted by Gasteiger charge is 2.27. The van der Waals surface area contributed by atoms with Gasteiger partial charge in [0.25, 0.3) is 0 Å². The molecule has 204 valence electrons. The van der Waals surface area contributed by atoms with Gasteiger partial charge < -0.3 is 15.0 Å². The van der Waals surface area contributed by atoms with Crippen molar-refractivity contribution in [3.8, 4) is 5.75 Å². The zero-order chi connectivity index (χ0) is 27.6. The van der Waals surface area contributed by atoms with Gasteiger partial charge in [0.1, 0.15) is 11.8 Å². The summed E-state index contributed by atoms with van der Waals surface area (Å²) in [6.07, 6.45) is 2.86. The maximum Gasteiger partial charge on any atom is 0.242 e. The number of ether oxygens (including phenoxy) is 1. The second-order valence-electron chi connectivity index (χ2n) is 9.07. The van der Waals surface area contributed by atoms with Gasteiger partial charge in [0, 0.05) is 25.6 Å². The Kier molecular flexibility index (Phi) is 11.7. The molecule has 0 aromatic heterocycles. The van der Waals surface area contributed by atoms with Crippen molar-refractivity contribution in [2.24, 2.45) is 0 Å². The van der Waals surface area contributed by atoms with Crippen molar-refractivity contribution in [1.82, 2.24) is 10.2 Å². The number of hydrogen-bond donors (Lipinski definition) is 1. The van der Waals surface area contributed by atoms with Crippen LogP contribution < -0.4 is 14.4 Å². The largest absolute Gasteiger partial charge is 0.495 e. The van der Waals surface area contributed by atoms with Crippen LogP contribution in [0.3, 0.4) is 0 Å². The van der Waals surface area contributed by atoms with Gasteiger partial charge in [-0.3, -0.25) is 13.9 Å². The molecule has 0 spiro atoms. The molecule has 0 saturated carbocycles. The summed E-state index contributed by atoms with van der Waals surface area (Å²) in [7, 11) is -2.14. The quantitative estimate of drug-likeness (QED) is 0.378. The predicted octanol–water partition coefficient (Wildman–Crippen LogP) is 4.27. The summed E-state index contributed by atoms with van der Waals surface area (Å²) in [5.74, 6) is 0.0260. The average molecular weight is 552 g/mol. The third kappa shape index (κ3) is 9.23. The molecule has 1 N–H and O–H groups in total. The third-order valence-electron chi connectivity index (χ3n) is 6.23. The summed E-state index contributed by atoms with van der Waals surface area (Å²) in [5, 5.41) is 3.24. The first-order chi connectivity index (χ1) is 17.5. The molecule has 37 heavy (non-hydrogen) atoms. The van der Waals surface area contributed by atoms with Crippen LogP contribution in [-0.2, 0) is 26.0 Å². The number of anilines is 1. The van der Waals surface area contributed by atoms with E-state index in [-0.39, 0.29) is 42.3 Å². The Hall–Kier alpha value is -2.78. The molecule has 2 amide bonds. The van der Waals surface area contributed by atoms with E-state index in [0.717, 1.165) is 18.2 Å². The summed E-state index contributed by atoms with van der Waals surface area (Å²) in [6, 6.07) is 13.8. The molecule has 0 unspecified atom stereocenters. The first-order valence-electron chi connectivity index (χ1n) is 12.4. The van der Waals surface area contributed by atoms with E-state index in [1.807, 2.05) is 44.2 Å². The predicted molar refractivity (Wildman–Crippen MR) is 149 cm³/mol. The second-order valence-corrected chi connectivity index (χ2v) is 11.4. The fourth-order valence-corrected chi connectivity index (χ4v) is 5.06. The molecule has 8 nitrogen and oxygen atoms in total. The molecular weight excluding hydrogens is 514 g/mol. The number of nitrogens with one attached hydrogen (secondary N) is 1. The number of hydrogen-bond acceptors (Lipinski definition) is 5. The Morgan fingerprint density at radius 3 is 2.32 bits per heavy atom. The highest BCUT2D eigenvalue weighted by atomic mass is 35.5. The third-order valence-corrected chi connectivity index (χ3v) is 7.72. The number of nitrogens with zero attached hydrogens (tertiary/aromatic N) is 2. The molecule has 0 radical (unpaired) electrons. The molecule has 0 fully saturated rings. The number of sulfonamides is 1. The van der Waals surface area contributed by atoms with Crippen LogP contribution in [0.1, 0.15) is 45.6 Å². The monoisotopic (exact) mass is 551 g/mol. The van der Waals surface area contributed by atoms with E-state index in [4.69, 9.17) is 16.3 Å². The van der Waals surface area contributed by atoms with Crippen LogP contribution in [-0.4, -0.2) is 63.7 Å². The lowest BCUT2D eigenvalue weighted by atomic mass is 10.1. The Bertz CT molecular complexity index is 1140. The van der Waals surface area contributed by atoms with Crippen molar-refractivity contribution < 1.29 is 22.7 Å². The highest BCUT2D eigenvalue weighted by Crippen LogP contribution is 2.30. The minimum atomic E-state index is -3.62. The molecule has 0 heterocycles. The van der Waals surface area contributed by atoms with E-state index < -0.39 is 16.1 Å². The van der Waals surface area contributed by atoms with Gasteiger partial charge in [0.2, 0.25) is 21.8 Å². The van der Waals surface area contributed by atoms with E-state index in [9.17, 15) is 18.0 Å². The summed E-state index contributed by atoms with van der Waals surface area (Å²) < 4.78 is 31.4. The number of amides is 2. The number of methoxy groups -OCH3 is 1. The van der Waals surface area contributed by atoms with Crippen molar-refractivity contribution in [3.63, 3.8) is 0 Å². The molecule has 10 heteroatoms. The normalized spacial score (nSPS) is 12.9. The molecule has 2 atom stereocenters. The lowest BCUT2D eigenvalue weighted by Crippen LogP contribution is -2.50. The Balaban J connectivity index is 2.14. The molecule has 2 aromatic rings. The van der Waals surface area contributed by atoms with Gasteiger partial charge in [-0.2, -0.15) is 0 Å². The smallest absolute Gasteiger partial charge is 0.242 e. The fourth-order valence-electron chi connectivity index (χ4n) is 3.85. The van der Waals surface area contributed by atoms with Gasteiger partial charge in [-0.1, -0.05) is 48.9 Å². The highest BCUT2D eigenvalue weighted by molar-refractivity contribution is 7.92. The van der Waals surface area contributed by atoms with Crippen molar-refractivity contribution >= 4 is 39.1 Å². The number of carbonyl (C=O) groups excluding carboxylic acids is 2. The van der Waals surface area contributed by atoms with Crippen LogP contribution in [0, 0.1) is 0 Å². The zero-order valence-electron chi connectivity index (χ0n) is 22.2. The van der Waals surface area contributed by atoms with Crippen LogP contribution in [0.5, 0.6) is 5.75 Å². The Labute approximate surface area is 226 Å². The summed E-state index contributed by atoms with van der Waals surface area (Å²) in [4.78, 5) is 27.7. The van der Waals surface area contributed by atoms with Gasteiger partial charge in [0.05, 0.1) is 24.1 Å². The fraction of sp³-hybridized carbons (Fsp3) is 0.481. The molecule has 0 saturated heterocycles. The van der Waals surface area contributed by atoms with Crippen LogP contribution in [0.2, 0.25) is 5.02 Å². The molecule has 0 aliphatic carbocycles. The van der Waals surface area contributed by atoms with E-state index >= 15 is 0 Å². The molecular formula is C27H38ClN3O5S. The molecule has 2 rings (SSSR count). The summed E-state index contributed by atoms with van der Waals surface area (Å²) in [5.41, 5.74) is 1.46. The number of rotatable bonds is 14. The number of benzene rings is 2. The van der Waals surface area contributed by atoms with Crippen molar-refractivity contribution in [2.75, 3.05) is 30.8 Å². The Morgan fingerprint density at radius 2 is 1.76 bits per heavy atom. The van der Waals surface area contributed by atoms with Gasteiger partial charge in [-0.25, -0.2) is 8.42 Å². The van der Waals surface area contributed by atoms with Gasteiger partial charge in [0.15, 0.2) is 0 Å². The summed E-state index contributed by atoms with van der Waals surface area (Å²) in [6.45, 7) is 6.10. The minimum Gasteiger partial charge on any atom is -0.495 e. The average Bonchev–Trinajstić information content (AvgIpc) is 2.86. The van der Waals surface area contributed by atoms with Crippen molar-refractivity contribution in [3.05, 3.63) is 59.1 Å². The molecule has 0 bridgehead atoms. The number of halogens is 1. The number of carbonyl (C=O) groups is 2. The van der Waals surface area contributed by atoms with Crippen LogP contribution in [0.15, 0.2) is 48.5 Å². The van der Waals surface area contributed by atoms with Crippen LogP contribution in [0.4, 0.5) is 5.69 Å². The van der Waals surface area contributed by atoms with Gasteiger partial charge >= 0.3 is 0 Å². The van der Waals surface area contributed by atoms with E-state index in [0.29, 0.717) is 24.4 Å². The van der Waals surface area contributed by atoms with Gasteiger partial charge in [-0.05, 0) is 56.9 Å². The lowest BCUT2D eigenvalue weighted by molar-refractivity contribution is -0.140. The van der Waals surface area contributed by atoms with E-state index in [1.165, 1.54) is 17.5 Å². The van der Waals surface area contributed by atoms with Crippen LogP contribution >= 0.6 is 11.6 Å². The summed E-state index contributed by atoms with van der Waals surface area (Å²) >= 11 is 6.20. The van der Waals surface area contributed by atoms with Crippen molar-refractivity contribution in [1.29, 1.82) is 0 Å².